The lowest BCUT2D eigenvalue weighted by molar-refractivity contribution is 1.19. The summed E-state index contributed by atoms with van der Waals surface area (Å²) < 4.78 is 0. The third-order valence-corrected chi connectivity index (χ3v) is 6.66. The minimum Gasteiger partial charge on any atom is -0.310 e. The van der Waals surface area contributed by atoms with E-state index in [4.69, 9.17) is 0 Å². The molecule has 37 heavy (non-hydrogen) atoms. The van der Waals surface area contributed by atoms with Crippen LogP contribution >= 0.6 is 0 Å². The molecule has 0 radical (unpaired) electrons. The van der Waals surface area contributed by atoms with Crippen LogP contribution in [0.4, 0.5) is 11.4 Å². The molecule has 2 heteroatoms. The van der Waals surface area contributed by atoms with E-state index in [1.165, 1.54) is 44.2 Å². The average Bonchev–Trinajstić information content (AvgIpc) is 3.30. The summed E-state index contributed by atoms with van der Waals surface area (Å²) in [7, 11) is 0. The van der Waals surface area contributed by atoms with E-state index < -0.39 is 0 Å². The quantitative estimate of drug-likeness (QED) is 0.221. The molecule has 0 spiro atoms. The Morgan fingerprint density at radius 1 is 0.649 bits per heavy atom. The summed E-state index contributed by atoms with van der Waals surface area (Å²) in [5, 5.41) is 2.63. The monoisotopic (exact) mass is 478 g/mol. The van der Waals surface area contributed by atoms with Gasteiger partial charge >= 0.3 is 0 Å². The number of pyridine rings is 1. The van der Waals surface area contributed by atoms with Gasteiger partial charge in [-0.05, 0) is 80.6 Å². The molecule has 0 amide bonds. The lowest BCUT2D eigenvalue weighted by Gasteiger charge is -2.26. The molecule has 0 atom stereocenters. The number of rotatable bonds is 6. The van der Waals surface area contributed by atoms with Gasteiger partial charge in [-0.25, -0.2) is 0 Å². The third kappa shape index (κ3) is 4.17. The Labute approximate surface area is 219 Å². The zero-order chi connectivity index (χ0) is 25.8. The van der Waals surface area contributed by atoms with Crippen LogP contribution in [-0.2, 0) is 0 Å². The zero-order valence-corrected chi connectivity index (χ0v) is 21.4. The number of hydrogen-bond acceptors (Lipinski definition) is 2. The van der Waals surface area contributed by atoms with Crippen LogP contribution in [0.25, 0.3) is 44.2 Å². The summed E-state index contributed by atoms with van der Waals surface area (Å²) in [6.45, 7) is 11.9. The van der Waals surface area contributed by atoms with E-state index in [0.29, 0.717) is 0 Å². The van der Waals surface area contributed by atoms with Crippen LogP contribution in [-0.4, -0.2) is 4.98 Å². The molecule has 1 aliphatic rings. The molecule has 5 aromatic rings. The first-order valence-electron chi connectivity index (χ1n) is 12.7. The van der Waals surface area contributed by atoms with Gasteiger partial charge in [0.05, 0.1) is 0 Å². The molecule has 0 unspecified atom stereocenters. The summed E-state index contributed by atoms with van der Waals surface area (Å²) >= 11 is 0. The van der Waals surface area contributed by atoms with Crippen LogP contribution in [0, 0.1) is 0 Å². The van der Waals surface area contributed by atoms with Gasteiger partial charge in [-0.3, -0.25) is 4.98 Å². The number of benzene rings is 4. The molecule has 0 bridgehead atoms. The van der Waals surface area contributed by atoms with Gasteiger partial charge in [0.25, 0.3) is 0 Å². The Morgan fingerprint density at radius 3 is 1.89 bits per heavy atom. The largest absolute Gasteiger partial charge is 0.310 e. The van der Waals surface area contributed by atoms with Crippen molar-refractivity contribution >= 4 is 22.1 Å². The molecule has 6 rings (SSSR count). The fourth-order valence-electron chi connectivity index (χ4n) is 5.15. The first-order valence-corrected chi connectivity index (χ1v) is 12.7. The Morgan fingerprint density at radius 2 is 1.24 bits per heavy atom. The summed E-state index contributed by atoms with van der Waals surface area (Å²) in [5.41, 5.74) is 10.7. The highest BCUT2D eigenvalue weighted by Gasteiger charge is 2.22. The van der Waals surface area contributed by atoms with Gasteiger partial charge in [0, 0.05) is 29.5 Å². The van der Waals surface area contributed by atoms with E-state index >= 15 is 0 Å². The van der Waals surface area contributed by atoms with E-state index in [9.17, 15) is 0 Å². The fourth-order valence-corrected chi connectivity index (χ4v) is 5.15. The molecule has 2 nitrogen and oxygen atoms in total. The van der Waals surface area contributed by atoms with Crippen LogP contribution in [0.2, 0.25) is 0 Å². The van der Waals surface area contributed by atoms with Crippen molar-refractivity contribution in [3.8, 4) is 33.4 Å². The third-order valence-electron chi connectivity index (χ3n) is 6.66. The SMILES string of the molecule is C=C/C=C(\C=C)N(c1ccncc1)c1ccc(-c2ccc3c4c(cccc24)-c2ccccc2-3)cc1.CC. The van der Waals surface area contributed by atoms with E-state index in [0.717, 1.165) is 17.1 Å². The number of nitrogens with zero attached hydrogens (tertiary/aromatic N) is 2. The summed E-state index contributed by atoms with van der Waals surface area (Å²) in [5.74, 6) is 0. The molecule has 180 valence electrons. The minimum atomic E-state index is 0.946. The summed E-state index contributed by atoms with van der Waals surface area (Å²) in [4.78, 5) is 6.33. The van der Waals surface area contributed by atoms with Gasteiger partial charge in [-0.15, -0.1) is 0 Å². The van der Waals surface area contributed by atoms with Crippen LogP contribution in [0.15, 0.2) is 140 Å². The topological polar surface area (TPSA) is 16.1 Å². The van der Waals surface area contributed by atoms with E-state index in [-0.39, 0.29) is 0 Å². The molecular weight excluding hydrogens is 448 g/mol. The molecule has 0 N–H and O–H groups in total. The van der Waals surface area contributed by atoms with Crippen LogP contribution in [0.1, 0.15) is 13.8 Å². The van der Waals surface area contributed by atoms with Crippen molar-refractivity contribution in [3.63, 3.8) is 0 Å². The molecule has 0 saturated carbocycles. The average molecular weight is 479 g/mol. The second kappa shape index (κ2) is 10.5. The van der Waals surface area contributed by atoms with Gasteiger partial charge in [0.15, 0.2) is 0 Å². The van der Waals surface area contributed by atoms with Crippen molar-refractivity contribution in [1.29, 1.82) is 0 Å². The predicted octanol–water partition coefficient (Wildman–Crippen LogP) is 9.97. The number of anilines is 2. The molecule has 1 heterocycles. The van der Waals surface area contributed by atoms with E-state index in [2.05, 4.69) is 102 Å². The van der Waals surface area contributed by atoms with Crippen molar-refractivity contribution in [2.24, 2.45) is 0 Å². The highest BCUT2D eigenvalue weighted by molar-refractivity contribution is 6.18. The first-order chi connectivity index (χ1) is 18.3. The molecule has 0 aliphatic heterocycles. The van der Waals surface area contributed by atoms with Crippen LogP contribution < -0.4 is 4.90 Å². The van der Waals surface area contributed by atoms with Crippen molar-refractivity contribution in [1.82, 2.24) is 4.98 Å². The Balaban J connectivity index is 0.00000137. The Hall–Kier alpha value is -4.69. The minimum absolute atomic E-state index is 0.946. The Bertz CT molecular complexity index is 1580. The maximum Gasteiger partial charge on any atom is 0.0492 e. The van der Waals surface area contributed by atoms with Crippen molar-refractivity contribution in [2.45, 2.75) is 13.8 Å². The molecule has 1 aromatic heterocycles. The predicted molar refractivity (Wildman–Crippen MR) is 160 cm³/mol. The van der Waals surface area contributed by atoms with Gasteiger partial charge < -0.3 is 4.90 Å². The molecular formula is C35H30N2. The molecule has 0 saturated heterocycles. The maximum atomic E-state index is 4.18. The number of hydrogen-bond donors (Lipinski definition) is 0. The van der Waals surface area contributed by atoms with Gasteiger partial charge in [-0.2, -0.15) is 0 Å². The highest BCUT2D eigenvalue weighted by atomic mass is 15.1. The van der Waals surface area contributed by atoms with E-state index in [1.807, 2.05) is 38.1 Å². The van der Waals surface area contributed by atoms with Crippen LogP contribution in [0.3, 0.4) is 0 Å². The number of aromatic nitrogens is 1. The van der Waals surface area contributed by atoms with Gasteiger partial charge in [-0.1, -0.05) is 99.8 Å². The summed E-state index contributed by atoms with van der Waals surface area (Å²) in [6.07, 6.45) is 9.19. The molecule has 4 aromatic carbocycles. The smallest absolute Gasteiger partial charge is 0.0492 e. The van der Waals surface area contributed by atoms with Crippen LogP contribution in [0.5, 0.6) is 0 Å². The first kappa shape index (κ1) is 24.0. The van der Waals surface area contributed by atoms with Gasteiger partial charge in [0.1, 0.15) is 0 Å². The van der Waals surface area contributed by atoms with Crippen molar-refractivity contribution < 1.29 is 0 Å². The van der Waals surface area contributed by atoms with Crippen molar-refractivity contribution in [3.05, 3.63) is 140 Å². The Kier molecular flexibility index (Phi) is 6.83. The lowest BCUT2D eigenvalue weighted by Crippen LogP contribution is -2.14. The number of allylic oxidation sites excluding steroid dienone is 3. The fraction of sp³-hybridized carbons (Fsp3) is 0.0571. The molecule has 1 aliphatic carbocycles. The second-order valence-electron chi connectivity index (χ2n) is 8.55. The second-order valence-corrected chi connectivity index (χ2v) is 8.55. The number of fused-ring (bicyclic) bond motifs is 3. The van der Waals surface area contributed by atoms with Gasteiger partial charge in [0.2, 0.25) is 0 Å². The lowest BCUT2D eigenvalue weighted by atomic mass is 9.94. The maximum absolute atomic E-state index is 4.18. The summed E-state index contributed by atoms with van der Waals surface area (Å²) in [6, 6.07) is 32.6. The van der Waals surface area contributed by atoms with Crippen molar-refractivity contribution in [2.75, 3.05) is 4.90 Å². The zero-order valence-electron chi connectivity index (χ0n) is 21.4. The molecule has 0 fully saturated rings. The normalized spacial score (nSPS) is 11.4. The standard InChI is InChI=1S/C33H24N2.C2H6/c1-3-8-24(4-2)35(26-19-21-34-22-20-26)25-15-13-23(14-16-25)27-17-18-32-29-10-6-5-9-28(29)31-12-7-11-30(27)33(31)32;1-2/h3-22H,1-2H2;1-2H3/b24-8+;. The highest BCUT2D eigenvalue weighted by Crippen LogP contribution is 2.49. The van der Waals surface area contributed by atoms with E-state index in [1.54, 1.807) is 18.5 Å².